The Morgan fingerprint density at radius 1 is 1.22 bits per heavy atom. The maximum absolute atomic E-state index is 11.6. The van der Waals surface area contributed by atoms with Gasteiger partial charge in [0.1, 0.15) is 0 Å². The molecule has 5 heteroatoms. The molecule has 2 N–H and O–H groups in total. The number of hydrogen-bond donors (Lipinski definition) is 3. The first-order valence-electron chi connectivity index (χ1n) is 5.47. The van der Waals surface area contributed by atoms with Gasteiger partial charge in [-0.1, -0.05) is 6.07 Å². The van der Waals surface area contributed by atoms with Crippen molar-refractivity contribution in [1.29, 1.82) is 0 Å². The summed E-state index contributed by atoms with van der Waals surface area (Å²) < 4.78 is 0. The summed E-state index contributed by atoms with van der Waals surface area (Å²) in [5, 5.41) is 5.49. The van der Waals surface area contributed by atoms with Crippen molar-refractivity contribution in [3.63, 3.8) is 0 Å². The lowest BCUT2D eigenvalue weighted by atomic mass is 10.3. The molecule has 0 spiro atoms. The first kappa shape index (κ1) is 12.4. The molecule has 0 fully saturated rings. The van der Waals surface area contributed by atoms with Gasteiger partial charge in [-0.25, -0.2) is 4.79 Å². The highest BCUT2D eigenvalue weighted by molar-refractivity contribution is 7.80. The van der Waals surface area contributed by atoms with E-state index in [-0.39, 0.29) is 6.03 Å². The Labute approximate surface area is 111 Å². The number of aromatic nitrogens is 1. The van der Waals surface area contributed by atoms with Crippen LogP contribution in [0.4, 0.5) is 10.5 Å². The highest BCUT2D eigenvalue weighted by atomic mass is 32.1. The van der Waals surface area contributed by atoms with E-state index in [0.717, 1.165) is 16.1 Å². The van der Waals surface area contributed by atoms with Gasteiger partial charge in [0.2, 0.25) is 0 Å². The number of amides is 2. The second kappa shape index (κ2) is 6.07. The number of carbonyl (C=O) groups is 1. The lowest BCUT2D eigenvalue weighted by Crippen LogP contribution is -2.28. The van der Waals surface area contributed by atoms with E-state index >= 15 is 0 Å². The number of urea groups is 1. The number of nitrogens with one attached hydrogen (secondary N) is 2. The number of benzene rings is 1. The van der Waals surface area contributed by atoms with Crippen LogP contribution in [0.5, 0.6) is 0 Å². The third kappa shape index (κ3) is 3.78. The van der Waals surface area contributed by atoms with Gasteiger partial charge in [-0.15, -0.1) is 12.6 Å². The summed E-state index contributed by atoms with van der Waals surface area (Å²) in [6, 6.07) is 10.7. The molecule has 1 aromatic heterocycles. The molecule has 4 nitrogen and oxygen atoms in total. The molecule has 2 amide bonds. The van der Waals surface area contributed by atoms with E-state index in [1.807, 2.05) is 24.3 Å². The van der Waals surface area contributed by atoms with Crippen LogP contribution in [0.25, 0.3) is 0 Å². The molecule has 0 unspecified atom stereocenters. The third-order valence-corrected chi connectivity index (χ3v) is 2.60. The molecule has 18 heavy (non-hydrogen) atoms. The van der Waals surface area contributed by atoms with E-state index in [2.05, 4.69) is 28.2 Å². The third-order valence-electron chi connectivity index (χ3n) is 2.30. The number of anilines is 1. The van der Waals surface area contributed by atoms with E-state index in [4.69, 9.17) is 0 Å². The zero-order valence-electron chi connectivity index (χ0n) is 9.63. The monoisotopic (exact) mass is 259 g/mol. The Morgan fingerprint density at radius 2 is 2.00 bits per heavy atom. The molecule has 0 aliphatic carbocycles. The molecule has 2 aromatic rings. The van der Waals surface area contributed by atoms with Gasteiger partial charge in [-0.3, -0.25) is 4.98 Å². The maximum Gasteiger partial charge on any atom is 0.319 e. The molecule has 92 valence electrons. The molecule has 0 radical (unpaired) electrons. The predicted octanol–water partition coefficient (Wildman–Crippen LogP) is 2.69. The fourth-order valence-electron chi connectivity index (χ4n) is 1.41. The van der Waals surface area contributed by atoms with Crippen LogP contribution in [-0.2, 0) is 6.54 Å². The van der Waals surface area contributed by atoms with E-state index in [9.17, 15) is 4.79 Å². The number of pyridine rings is 1. The minimum atomic E-state index is -0.245. The molecule has 0 saturated carbocycles. The van der Waals surface area contributed by atoms with Crippen molar-refractivity contribution >= 4 is 24.3 Å². The van der Waals surface area contributed by atoms with Crippen molar-refractivity contribution in [2.24, 2.45) is 0 Å². The van der Waals surface area contributed by atoms with Crippen molar-refractivity contribution in [3.8, 4) is 0 Å². The Bertz CT molecular complexity index is 514. The van der Waals surface area contributed by atoms with E-state index in [1.54, 1.807) is 24.5 Å². The summed E-state index contributed by atoms with van der Waals surface area (Å²) in [7, 11) is 0. The predicted molar refractivity (Wildman–Crippen MR) is 73.8 cm³/mol. The summed E-state index contributed by atoms with van der Waals surface area (Å²) in [6.07, 6.45) is 3.42. The zero-order chi connectivity index (χ0) is 12.8. The van der Waals surface area contributed by atoms with Gasteiger partial charge in [0.15, 0.2) is 0 Å². The Balaban J connectivity index is 1.84. The lowest BCUT2D eigenvalue weighted by molar-refractivity contribution is 0.251. The van der Waals surface area contributed by atoms with Crippen molar-refractivity contribution < 1.29 is 4.79 Å². The first-order chi connectivity index (χ1) is 8.74. The quantitative estimate of drug-likeness (QED) is 0.742. The number of nitrogens with zero attached hydrogens (tertiary/aromatic N) is 1. The molecule has 0 aliphatic rings. The zero-order valence-corrected chi connectivity index (χ0v) is 10.5. The van der Waals surface area contributed by atoms with Crippen LogP contribution < -0.4 is 10.6 Å². The van der Waals surface area contributed by atoms with Gasteiger partial charge in [0.05, 0.1) is 0 Å². The smallest absolute Gasteiger partial charge is 0.319 e. The number of hydrogen-bond acceptors (Lipinski definition) is 3. The molecular formula is C13H13N3OS. The van der Waals surface area contributed by atoms with Gasteiger partial charge >= 0.3 is 6.03 Å². The average Bonchev–Trinajstić information content (AvgIpc) is 2.40. The fraction of sp³-hybridized carbons (Fsp3) is 0.0769. The fourth-order valence-corrected chi connectivity index (χ4v) is 1.55. The van der Waals surface area contributed by atoms with E-state index in [1.165, 1.54) is 0 Å². The minimum absolute atomic E-state index is 0.245. The van der Waals surface area contributed by atoms with Crippen LogP contribution in [0.2, 0.25) is 0 Å². The Kier molecular flexibility index (Phi) is 4.20. The van der Waals surface area contributed by atoms with Crippen LogP contribution in [0.3, 0.4) is 0 Å². The van der Waals surface area contributed by atoms with E-state index in [0.29, 0.717) is 6.54 Å². The standard InChI is InChI=1S/C13H13N3OS/c17-13(15-9-10-2-1-7-14-8-10)16-11-3-5-12(18)6-4-11/h1-8,18H,9H2,(H2,15,16,17). The molecule has 0 saturated heterocycles. The molecular weight excluding hydrogens is 246 g/mol. The second-order valence-corrected chi connectivity index (χ2v) is 4.23. The van der Waals surface area contributed by atoms with Gasteiger partial charge in [0.25, 0.3) is 0 Å². The number of rotatable bonds is 3. The highest BCUT2D eigenvalue weighted by Gasteiger charge is 2.01. The van der Waals surface area contributed by atoms with Crippen molar-refractivity contribution in [1.82, 2.24) is 10.3 Å². The van der Waals surface area contributed by atoms with Crippen LogP contribution in [0.1, 0.15) is 5.56 Å². The molecule has 2 rings (SSSR count). The van der Waals surface area contributed by atoms with Crippen molar-refractivity contribution in [3.05, 3.63) is 54.4 Å². The summed E-state index contributed by atoms with van der Waals surface area (Å²) in [4.78, 5) is 16.4. The van der Waals surface area contributed by atoms with Crippen LogP contribution in [0, 0.1) is 0 Å². The SMILES string of the molecule is O=C(NCc1cccnc1)Nc1ccc(S)cc1. The summed E-state index contributed by atoms with van der Waals surface area (Å²) >= 11 is 4.18. The summed E-state index contributed by atoms with van der Waals surface area (Å²) in [5.41, 5.74) is 1.69. The normalized spacial score (nSPS) is 9.83. The van der Waals surface area contributed by atoms with Gasteiger partial charge in [0, 0.05) is 29.5 Å². The minimum Gasteiger partial charge on any atom is -0.334 e. The van der Waals surface area contributed by atoms with Gasteiger partial charge < -0.3 is 10.6 Å². The topological polar surface area (TPSA) is 54.0 Å². The van der Waals surface area contributed by atoms with Crippen molar-refractivity contribution in [2.45, 2.75) is 11.4 Å². The second-order valence-electron chi connectivity index (χ2n) is 3.72. The average molecular weight is 259 g/mol. The first-order valence-corrected chi connectivity index (χ1v) is 5.91. The lowest BCUT2D eigenvalue weighted by Gasteiger charge is -2.07. The van der Waals surface area contributed by atoms with Crippen molar-refractivity contribution in [2.75, 3.05) is 5.32 Å². The Morgan fingerprint density at radius 3 is 2.67 bits per heavy atom. The molecule has 1 aromatic carbocycles. The largest absolute Gasteiger partial charge is 0.334 e. The summed E-state index contributed by atoms with van der Waals surface area (Å²) in [6.45, 7) is 0.449. The van der Waals surface area contributed by atoms with Crippen LogP contribution in [0.15, 0.2) is 53.7 Å². The van der Waals surface area contributed by atoms with E-state index < -0.39 is 0 Å². The molecule has 0 aliphatic heterocycles. The number of thiol groups is 1. The van der Waals surface area contributed by atoms with Crippen LogP contribution in [-0.4, -0.2) is 11.0 Å². The van der Waals surface area contributed by atoms with Crippen LogP contribution >= 0.6 is 12.6 Å². The maximum atomic E-state index is 11.6. The molecule has 0 atom stereocenters. The van der Waals surface area contributed by atoms with Gasteiger partial charge in [-0.05, 0) is 35.9 Å². The number of carbonyl (C=O) groups excluding carboxylic acids is 1. The molecule has 0 bridgehead atoms. The molecule has 1 heterocycles. The Hall–Kier alpha value is -2.01. The van der Waals surface area contributed by atoms with Gasteiger partial charge in [-0.2, -0.15) is 0 Å². The highest BCUT2D eigenvalue weighted by Crippen LogP contribution is 2.11. The summed E-state index contributed by atoms with van der Waals surface area (Å²) in [5.74, 6) is 0.